The van der Waals surface area contributed by atoms with Gasteiger partial charge in [-0.15, -0.1) is 0 Å². The Morgan fingerprint density at radius 3 is 2.42 bits per heavy atom. The Hall–Kier alpha value is -2.60. The Morgan fingerprint density at radius 2 is 1.79 bits per heavy atom. The molecule has 0 aliphatic heterocycles. The lowest BCUT2D eigenvalue weighted by Gasteiger charge is -2.18. The molecule has 0 atom stereocenters. The smallest absolute Gasteiger partial charge is 0.319 e. The molecule has 1 aromatic heterocycles. The van der Waals surface area contributed by atoms with Gasteiger partial charge in [-0.2, -0.15) is 0 Å². The van der Waals surface area contributed by atoms with E-state index in [-0.39, 0.29) is 6.03 Å². The second-order valence-corrected chi connectivity index (χ2v) is 5.33. The van der Waals surface area contributed by atoms with E-state index in [1.807, 2.05) is 42.5 Å². The first-order valence-corrected chi connectivity index (χ1v) is 8.26. The van der Waals surface area contributed by atoms with Crippen LogP contribution >= 0.6 is 0 Å². The molecular formula is C18H25N5O. The molecule has 2 aromatic rings. The molecule has 128 valence electrons. The van der Waals surface area contributed by atoms with Crippen LogP contribution in [-0.4, -0.2) is 42.1 Å². The number of anilines is 3. The van der Waals surface area contributed by atoms with Crippen LogP contribution in [0.25, 0.3) is 0 Å². The second kappa shape index (κ2) is 9.52. The van der Waals surface area contributed by atoms with Crippen LogP contribution in [0.3, 0.4) is 0 Å². The lowest BCUT2D eigenvalue weighted by Crippen LogP contribution is -2.36. The SMILES string of the molecule is CCN(CC)CCNC(=O)Nc1ccc(Nc2ccccc2)nc1. The van der Waals surface area contributed by atoms with Gasteiger partial charge in [-0.1, -0.05) is 32.0 Å². The minimum absolute atomic E-state index is 0.215. The van der Waals surface area contributed by atoms with Gasteiger partial charge in [0.25, 0.3) is 0 Å². The highest BCUT2D eigenvalue weighted by Gasteiger charge is 2.04. The van der Waals surface area contributed by atoms with Crippen molar-refractivity contribution in [1.29, 1.82) is 0 Å². The molecule has 2 rings (SSSR count). The zero-order valence-electron chi connectivity index (χ0n) is 14.2. The number of para-hydroxylation sites is 1. The normalized spacial score (nSPS) is 10.5. The van der Waals surface area contributed by atoms with E-state index in [0.717, 1.165) is 31.1 Å². The van der Waals surface area contributed by atoms with Gasteiger partial charge in [0.15, 0.2) is 0 Å². The van der Waals surface area contributed by atoms with Crippen molar-refractivity contribution in [3.63, 3.8) is 0 Å². The van der Waals surface area contributed by atoms with Crippen LogP contribution in [0, 0.1) is 0 Å². The summed E-state index contributed by atoms with van der Waals surface area (Å²) in [5.74, 6) is 0.730. The third-order valence-corrected chi connectivity index (χ3v) is 3.68. The number of nitrogens with zero attached hydrogens (tertiary/aromatic N) is 2. The second-order valence-electron chi connectivity index (χ2n) is 5.33. The third kappa shape index (κ3) is 5.89. The van der Waals surface area contributed by atoms with Crippen molar-refractivity contribution in [2.75, 3.05) is 36.8 Å². The monoisotopic (exact) mass is 327 g/mol. The van der Waals surface area contributed by atoms with Gasteiger partial charge in [0.2, 0.25) is 0 Å². The molecule has 0 unspecified atom stereocenters. The van der Waals surface area contributed by atoms with Gasteiger partial charge >= 0.3 is 6.03 Å². The zero-order valence-corrected chi connectivity index (χ0v) is 14.2. The first kappa shape index (κ1) is 17.7. The van der Waals surface area contributed by atoms with Gasteiger partial charge in [0, 0.05) is 18.8 Å². The van der Waals surface area contributed by atoms with E-state index in [9.17, 15) is 4.79 Å². The van der Waals surface area contributed by atoms with Gasteiger partial charge in [-0.05, 0) is 37.4 Å². The van der Waals surface area contributed by atoms with E-state index in [1.54, 1.807) is 6.20 Å². The van der Waals surface area contributed by atoms with Crippen LogP contribution in [-0.2, 0) is 0 Å². The molecule has 0 fully saturated rings. The number of carbonyl (C=O) groups is 1. The molecule has 0 aliphatic rings. The van der Waals surface area contributed by atoms with Gasteiger partial charge < -0.3 is 20.9 Å². The molecule has 2 amide bonds. The first-order valence-electron chi connectivity index (χ1n) is 8.26. The van der Waals surface area contributed by atoms with Crippen molar-refractivity contribution in [2.24, 2.45) is 0 Å². The fourth-order valence-electron chi connectivity index (χ4n) is 2.25. The topological polar surface area (TPSA) is 69.3 Å². The van der Waals surface area contributed by atoms with Gasteiger partial charge in [0.05, 0.1) is 11.9 Å². The first-order chi connectivity index (χ1) is 11.7. The number of urea groups is 1. The maximum atomic E-state index is 11.9. The highest BCUT2D eigenvalue weighted by atomic mass is 16.2. The van der Waals surface area contributed by atoms with Crippen LogP contribution in [0.15, 0.2) is 48.7 Å². The van der Waals surface area contributed by atoms with Gasteiger partial charge in [0.1, 0.15) is 5.82 Å². The summed E-state index contributed by atoms with van der Waals surface area (Å²) in [6.07, 6.45) is 1.63. The molecule has 3 N–H and O–H groups in total. The minimum Gasteiger partial charge on any atom is -0.340 e. The van der Waals surface area contributed by atoms with Gasteiger partial charge in [-0.25, -0.2) is 9.78 Å². The molecule has 0 saturated carbocycles. The fourth-order valence-corrected chi connectivity index (χ4v) is 2.25. The Kier molecular flexibility index (Phi) is 7.04. The number of rotatable bonds is 8. The van der Waals surface area contributed by atoms with Crippen molar-refractivity contribution < 1.29 is 4.79 Å². The number of hydrogen-bond donors (Lipinski definition) is 3. The zero-order chi connectivity index (χ0) is 17.2. The Bertz CT molecular complexity index is 611. The largest absolute Gasteiger partial charge is 0.340 e. The summed E-state index contributed by atoms with van der Waals surface area (Å²) in [6, 6.07) is 13.3. The minimum atomic E-state index is -0.215. The Morgan fingerprint density at radius 1 is 1.04 bits per heavy atom. The van der Waals surface area contributed by atoms with Crippen LogP contribution in [0.1, 0.15) is 13.8 Å². The quantitative estimate of drug-likeness (QED) is 0.696. The summed E-state index contributed by atoms with van der Waals surface area (Å²) >= 11 is 0. The molecule has 0 saturated heterocycles. The Labute approximate surface area is 143 Å². The summed E-state index contributed by atoms with van der Waals surface area (Å²) in [5, 5.41) is 8.83. The number of aromatic nitrogens is 1. The van der Waals surface area contributed by atoms with Crippen molar-refractivity contribution in [3.8, 4) is 0 Å². The molecule has 0 aliphatic carbocycles. The standard InChI is InChI=1S/C18H25N5O/c1-3-23(4-2)13-12-19-18(24)22-16-10-11-17(20-14-16)21-15-8-6-5-7-9-15/h5-11,14H,3-4,12-13H2,1-2H3,(H,20,21)(H2,19,22,24). The van der Waals surface area contributed by atoms with Crippen molar-refractivity contribution in [1.82, 2.24) is 15.2 Å². The summed E-state index contributed by atoms with van der Waals surface area (Å²) in [7, 11) is 0. The van der Waals surface area contributed by atoms with Crippen molar-refractivity contribution in [3.05, 3.63) is 48.7 Å². The predicted octanol–water partition coefficient (Wildman–Crippen LogP) is 3.29. The maximum absolute atomic E-state index is 11.9. The number of pyridine rings is 1. The molecule has 0 radical (unpaired) electrons. The highest BCUT2D eigenvalue weighted by Crippen LogP contribution is 2.15. The van der Waals surface area contributed by atoms with E-state index < -0.39 is 0 Å². The molecule has 0 spiro atoms. The van der Waals surface area contributed by atoms with E-state index in [0.29, 0.717) is 12.2 Å². The molecular weight excluding hydrogens is 302 g/mol. The molecule has 1 heterocycles. The molecule has 0 bridgehead atoms. The van der Waals surface area contributed by atoms with Crippen molar-refractivity contribution >= 4 is 23.2 Å². The van der Waals surface area contributed by atoms with Crippen LogP contribution < -0.4 is 16.0 Å². The third-order valence-electron chi connectivity index (χ3n) is 3.68. The molecule has 6 nitrogen and oxygen atoms in total. The summed E-state index contributed by atoms with van der Waals surface area (Å²) in [6.45, 7) is 7.66. The van der Waals surface area contributed by atoms with Crippen LogP contribution in [0.5, 0.6) is 0 Å². The highest BCUT2D eigenvalue weighted by molar-refractivity contribution is 5.89. The molecule has 24 heavy (non-hydrogen) atoms. The fraction of sp³-hybridized carbons (Fsp3) is 0.333. The predicted molar refractivity (Wildman–Crippen MR) is 98.8 cm³/mol. The lowest BCUT2D eigenvalue weighted by molar-refractivity contribution is 0.248. The number of carbonyl (C=O) groups excluding carboxylic acids is 1. The van der Waals surface area contributed by atoms with Crippen LogP contribution in [0.4, 0.5) is 22.0 Å². The van der Waals surface area contributed by atoms with Crippen molar-refractivity contribution in [2.45, 2.75) is 13.8 Å². The number of amides is 2. The average molecular weight is 327 g/mol. The summed E-state index contributed by atoms with van der Waals surface area (Å²) in [4.78, 5) is 18.4. The number of hydrogen-bond acceptors (Lipinski definition) is 4. The van der Waals surface area contributed by atoms with Crippen LogP contribution in [0.2, 0.25) is 0 Å². The average Bonchev–Trinajstić information content (AvgIpc) is 2.61. The Balaban J connectivity index is 1.77. The van der Waals surface area contributed by atoms with E-state index >= 15 is 0 Å². The number of benzene rings is 1. The molecule has 6 heteroatoms. The lowest BCUT2D eigenvalue weighted by atomic mass is 10.3. The van der Waals surface area contributed by atoms with E-state index in [2.05, 4.69) is 39.7 Å². The summed E-state index contributed by atoms with van der Waals surface area (Å²) < 4.78 is 0. The maximum Gasteiger partial charge on any atom is 0.319 e. The van der Waals surface area contributed by atoms with Gasteiger partial charge in [-0.3, -0.25) is 0 Å². The molecule has 1 aromatic carbocycles. The van der Waals surface area contributed by atoms with E-state index in [4.69, 9.17) is 0 Å². The number of nitrogens with one attached hydrogen (secondary N) is 3. The summed E-state index contributed by atoms with van der Waals surface area (Å²) in [5.41, 5.74) is 1.63. The van der Waals surface area contributed by atoms with E-state index in [1.165, 1.54) is 0 Å². The number of likely N-dealkylation sites (N-methyl/N-ethyl adjacent to an activating group) is 1.